The summed E-state index contributed by atoms with van der Waals surface area (Å²) in [7, 11) is 0. The fraction of sp³-hybridized carbons (Fsp3) is 0.111. The first-order valence-electron chi connectivity index (χ1n) is 6.65. The van der Waals surface area contributed by atoms with E-state index in [1.165, 1.54) is 10.8 Å². The molecule has 1 nitrogen and oxygen atoms in total. The Hall–Kier alpha value is -1.83. The molecule has 0 radical (unpaired) electrons. The average molecular weight is 282 g/mol. The Labute approximate surface area is 124 Å². The van der Waals surface area contributed by atoms with Gasteiger partial charge in [0, 0.05) is 5.02 Å². The molecule has 20 heavy (non-hydrogen) atoms. The second kappa shape index (κ2) is 5.28. The number of hydrogen-bond donors (Lipinski definition) is 1. The average Bonchev–Trinajstić information content (AvgIpc) is 2.45. The molecule has 3 aromatic carbocycles. The van der Waals surface area contributed by atoms with Crippen molar-refractivity contribution in [3.8, 4) is 0 Å². The molecule has 3 rings (SSSR count). The van der Waals surface area contributed by atoms with E-state index in [2.05, 4.69) is 36.4 Å². The van der Waals surface area contributed by atoms with Crippen LogP contribution < -0.4 is 5.73 Å². The van der Waals surface area contributed by atoms with E-state index in [-0.39, 0.29) is 6.04 Å². The largest absolute Gasteiger partial charge is 0.320 e. The molecule has 3 aromatic rings. The van der Waals surface area contributed by atoms with Crippen LogP contribution >= 0.6 is 11.6 Å². The number of rotatable bonds is 2. The van der Waals surface area contributed by atoms with Crippen molar-refractivity contribution in [2.45, 2.75) is 13.0 Å². The number of halogens is 1. The van der Waals surface area contributed by atoms with Crippen LogP contribution in [-0.4, -0.2) is 0 Å². The zero-order chi connectivity index (χ0) is 14.1. The Morgan fingerprint density at radius 1 is 0.950 bits per heavy atom. The van der Waals surface area contributed by atoms with E-state index in [4.69, 9.17) is 17.3 Å². The standard InChI is InChI=1S/C18H16ClN/c1-12-9-14(11-15(19)10-12)18(20)17-8-4-6-13-5-2-3-7-16(13)17/h2-11,18H,20H2,1H3. The van der Waals surface area contributed by atoms with Gasteiger partial charge in [0.1, 0.15) is 0 Å². The third kappa shape index (κ3) is 2.43. The summed E-state index contributed by atoms with van der Waals surface area (Å²) >= 11 is 6.14. The molecule has 0 bridgehead atoms. The summed E-state index contributed by atoms with van der Waals surface area (Å²) in [5.41, 5.74) is 9.77. The highest BCUT2D eigenvalue weighted by Gasteiger charge is 2.12. The maximum absolute atomic E-state index is 6.46. The van der Waals surface area contributed by atoms with Gasteiger partial charge in [-0.3, -0.25) is 0 Å². The van der Waals surface area contributed by atoms with E-state index >= 15 is 0 Å². The molecule has 0 aromatic heterocycles. The van der Waals surface area contributed by atoms with Crippen LogP contribution in [0.5, 0.6) is 0 Å². The number of nitrogens with two attached hydrogens (primary N) is 1. The highest BCUT2D eigenvalue weighted by Crippen LogP contribution is 2.29. The molecule has 0 spiro atoms. The highest BCUT2D eigenvalue weighted by atomic mass is 35.5. The topological polar surface area (TPSA) is 26.0 Å². The molecule has 2 heteroatoms. The third-order valence-electron chi connectivity index (χ3n) is 3.58. The Morgan fingerprint density at radius 2 is 1.70 bits per heavy atom. The summed E-state index contributed by atoms with van der Waals surface area (Å²) in [4.78, 5) is 0. The van der Waals surface area contributed by atoms with Crippen LogP contribution in [0.25, 0.3) is 10.8 Å². The Morgan fingerprint density at radius 3 is 2.50 bits per heavy atom. The van der Waals surface area contributed by atoms with Crippen LogP contribution in [0.2, 0.25) is 5.02 Å². The van der Waals surface area contributed by atoms with Crippen LogP contribution in [0.3, 0.4) is 0 Å². The molecule has 2 N–H and O–H groups in total. The minimum Gasteiger partial charge on any atom is -0.320 e. The maximum atomic E-state index is 6.46. The normalized spacial score (nSPS) is 12.6. The summed E-state index contributed by atoms with van der Waals surface area (Å²) in [6.45, 7) is 2.03. The predicted octanol–water partition coefficient (Wildman–Crippen LogP) is 4.85. The van der Waals surface area contributed by atoms with Gasteiger partial charge in [-0.15, -0.1) is 0 Å². The Kier molecular flexibility index (Phi) is 3.47. The zero-order valence-corrected chi connectivity index (χ0v) is 12.1. The minimum absolute atomic E-state index is 0.168. The van der Waals surface area contributed by atoms with Gasteiger partial charge in [0.25, 0.3) is 0 Å². The lowest BCUT2D eigenvalue weighted by Gasteiger charge is -2.16. The molecule has 0 aliphatic heterocycles. The van der Waals surface area contributed by atoms with Gasteiger partial charge in [-0.1, -0.05) is 60.1 Å². The molecular weight excluding hydrogens is 266 g/mol. The van der Waals surface area contributed by atoms with Crippen molar-refractivity contribution in [2.24, 2.45) is 5.73 Å². The quantitative estimate of drug-likeness (QED) is 0.714. The second-order valence-corrected chi connectivity index (χ2v) is 5.54. The van der Waals surface area contributed by atoms with Crippen molar-refractivity contribution in [2.75, 3.05) is 0 Å². The lowest BCUT2D eigenvalue weighted by molar-refractivity contribution is 0.879. The first-order valence-corrected chi connectivity index (χ1v) is 7.03. The molecule has 0 aliphatic rings. The van der Waals surface area contributed by atoms with Crippen molar-refractivity contribution in [1.82, 2.24) is 0 Å². The number of benzene rings is 3. The molecule has 0 saturated carbocycles. The Bertz CT molecular complexity index is 739. The fourth-order valence-electron chi connectivity index (χ4n) is 2.65. The van der Waals surface area contributed by atoms with Crippen LogP contribution in [0.1, 0.15) is 22.7 Å². The number of aryl methyl sites for hydroxylation is 1. The number of hydrogen-bond acceptors (Lipinski definition) is 1. The molecule has 0 fully saturated rings. The summed E-state index contributed by atoms with van der Waals surface area (Å²) in [5.74, 6) is 0. The van der Waals surface area contributed by atoms with Crippen molar-refractivity contribution >= 4 is 22.4 Å². The first kappa shape index (κ1) is 13.2. The smallest absolute Gasteiger partial charge is 0.0558 e. The van der Waals surface area contributed by atoms with Crippen LogP contribution in [-0.2, 0) is 0 Å². The van der Waals surface area contributed by atoms with E-state index in [9.17, 15) is 0 Å². The van der Waals surface area contributed by atoms with Gasteiger partial charge in [0.15, 0.2) is 0 Å². The molecule has 100 valence electrons. The molecule has 0 aliphatic carbocycles. The predicted molar refractivity (Wildman–Crippen MR) is 86.2 cm³/mol. The lowest BCUT2D eigenvalue weighted by atomic mass is 9.94. The van der Waals surface area contributed by atoms with Crippen molar-refractivity contribution in [3.63, 3.8) is 0 Å². The van der Waals surface area contributed by atoms with Gasteiger partial charge in [-0.2, -0.15) is 0 Å². The van der Waals surface area contributed by atoms with Crippen LogP contribution in [0.15, 0.2) is 60.7 Å². The molecular formula is C18H16ClN. The van der Waals surface area contributed by atoms with Crippen molar-refractivity contribution in [1.29, 1.82) is 0 Å². The van der Waals surface area contributed by atoms with Crippen LogP contribution in [0, 0.1) is 6.92 Å². The van der Waals surface area contributed by atoms with Gasteiger partial charge in [0.2, 0.25) is 0 Å². The molecule has 1 atom stereocenters. The molecule has 0 saturated heterocycles. The van der Waals surface area contributed by atoms with Crippen molar-refractivity contribution in [3.05, 3.63) is 82.4 Å². The van der Waals surface area contributed by atoms with Gasteiger partial charge >= 0.3 is 0 Å². The lowest BCUT2D eigenvalue weighted by Crippen LogP contribution is -2.12. The maximum Gasteiger partial charge on any atom is 0.0558 e. The van der Waals surface area contributed by atoms with E-state index in [0.29, 0.717) is 0 Å². The van der Waals surface area contributed by atoms with Gasteiger partial charge < -0.3 is 5.73 Å². The summed E-state index contributed by atoms with van der Waals surface area (Å²) in [5, 5.41) is 3.13. The van der Waals surface area contributed by atoms with Gasteiger partial charge in [-0.25, -0.2) is 0 Å². The van der Waals surface area contributed by atoms with E-state index in [0.717, 1.165) is 21.7 Å². The molecule has 0 amide bonds. The highest BCUT2D eigenvalue weighted by molar-refractivity contribution is 6.30. The van der Waals surface area contributed by atoms with Gasteiger partial charge in [0.05, 0.1) is 6.04 Å². The first-order chi connectivity index (χ1) is 9.65. The summed E-state index contributed by atoms with van der Waals surface area (Å²) in [6.07, 6.45) is 0. The van der Waals surface area contributed by atoms with E-state index in [1.807, 2.05) is 31.2 Å². The van der Waals surface area contributed by atoms with E-state index < -0.39 is 0 Å². The summed E-state index contributed by atoms with van der Waals surface area (Å²) in [6, 6.07) is 20.4. The zero-order valence-electron chi connectivity index (χ0n) is 11.3. The monoisotopic (exact) mass is 281 g/mol. The third-order valence-corrected chi connectivity index (χ3v) is 3.80. The van der Waals surface area contributed by atoms with E-state index in [1.54, 1.807) is 0 Å². The Balaban J connectivity index is 2.15. The van der Waals surface area contributed by atoms with Crippen LogP contribution in [0.4, 0.5) is 0 Å². The summed E-state index contributed by atoms with van der Waals surface area (Å²) < 4.78 is 0. The van der Waals surface area contributed by atoms with Gasteiger partial charge in [-0.05, 0) is 46.5 Å². The second-order valence-electron chi connectivity index (χ2n) is 5.11. The fourth-order valence-corrected chi connectivity index (χ4v) is 2.94. The number of fused-ring (bicyclic) bond motifs is 1. The molecule has 1 unspecified atom stereocenters. The minimum atomic E-state index is -0.168. The SMILES string of the molecule is Cc1cc(Cl)cc(C(N)c2cccc3ccccc23)c1. The molecule has 0 heterocycles. The van der Waals surface area contributed by atoms with Crippen molar-refractivity contribution < 1.29 is 0 Å².